The van der Waals surface area contributed by atoms with E-state index in [-0.39, 0.29) is 13.2 Å². The number of aliphatic hydroxyl groups excluding tert-OH is 1. The number of carbonyl (C=O) groups is 2. The van der Waals surface area contributed by atoms with E-state index in [1.54, 1.807) is 18.2 Å². The van der Waals surface area contributed by atoms with E-state index >= 15 is 0 Å². The first-order valence-electron chi connectivity index (χ1n) is 7.44. The van der Waals surface area contributed by atoms with Gasteiger partial charge in [0, 0.05) is 20.5 Å². The maximum absolute atomic E-state index is 11.1. The Morgan fingerprint density at radius 2 is 2.09 bits per heavy atom. The molecule has 0 aromatic rings. The molecular formula is C17H22O6. The fourth-order valence-electron chi connectivity index (χ4n) is 1.85. The maximum atomic E-state index is 11.1. The highest BCUT2D eigenvalue weighted by Gasteiger charge is 2.29. The van der Waals surface area contributed by atoms with Crippen LogP contribution in [0.2, 0.25) is 0 Å². The molecule has 0 saturated heterocycles. The van der Waals surface area contributed by atoms with E-state index in [9.17, 15) is 9.59 Å². The molecule has 1 N–H and O–H groups in total. The molecule has 1 aliphatic rings. The molecular weight excluding hydrogens is 300 g/mol. The summed E-state index contributed by atoms with van der Waals surface area (Å²) in [5.41, 5.74) is 0. The van der Waals surface area contributed by atoms with Crippen LogP contribution in [0, 0.1) is 11.8 Å². The molecule has 0 spiro atoms. The summed E-state index contributed by atoms with van der Waals surface area (Å²) in [4.78, 5) is 22.0. The van der Waals surface area contributed by atoms with Gasteiger partial charge in [0.15, 0.2) is 0 Å². The quantitative estimate of drug-likeness (QED) is 0.342. The molecule has 3 atom stereocenters. The van der Waals surface area contributed by atoms with Crippen molar-refractivity contribution >= 4 is 11.9 Å². The Bertz CT molecular complexity index is 511. The van der Waals surface area contributed by atoms with Gasteiger partial charge >= 0.3 is 11.9 Å². The molecule has 1 aliphatic heterocycles. The minimum Gasteiger partial charge on any atom is -0.463 e. The second-order valence-corrected chi connectivity index (χ2v) is 4.91. The number of carbonyl (C=O) groups excluding carboxylic acids is 2. The topological polar surface area (TPSA) is 82.1 Å². The maximum Gasteiger partial charge on any atom is 0.303 e. The van der Waals surface area contributed by atoms with Gasteiger partial charge in [-0.25, -0.2) is 0 Å². The minimum absolute atomic E-state index is 0.0118. The van der Waals surface area contributed by atoms with Crippen LogP contribution in [-0.2, 0) is 23.8 Å². The number of esters is 2. The van der Waals surface area contributed by atoms with E-state index in [0.717, 1.165) is 6.42 Å². The van der Waals surface area contributed by atoms with Crippen molar-refractivity contribution in [2.75, 3.05) is 13.2 Å². The van der Waals surface area contributed by atoms with Gasteiger partial charge in [-0.15, -0.1) is 0 Å². The third-order valence-corrected chi connectivity index (χ3v) is 2.87. The minimum atomic E-state index is -0.606. The largest absolute Gasteiger partial charge is 0.463 e. The number of hydrogen-bond acceptors (Lipinski definition) is 6. The number of hydrogen-bond donors (Lipinski definition) is 1. The fourth-order valence-corrected chi connectivity index (χ4v) is 1.85. The Hall–Kier alpha value is -2.10. The van der Waals surface area contributed by atoms with Gasteiger partial charge in [0.25, 0.3) is 0 Å². The molecule has 0 bridgehead atoms. The summed E-state index contributed by atoms with van der Waals surface area (Å²) in [5.74, 6) is 4.88. The average molecular weight is 322 g/mol. The van der Waals surface area contributed by atoms with E-state index < -0.39 is 30.3 Å². The molecule has 0 radical (unpaired) electrons. The first-order valence-corrected chi connectivity index (χ1v) is 7.44. The lowest BCUT2D eigenvalue weighted by Crippen LogP contribution is -2.41. The normalized spacial score (nSPS) is 23.2. The molecule has 0 aromatic carbocycles. The first-order chi connectivity index (χ1) is 11.0. The Kier molecular flexibility index (Phi) is 8.73. The average Bonchev–Trinajstić information content (AvgIpc) is 2.50. The monoisotopic (exact) mass is 322 g/mol. The third-order valence-electron chi connectivity index (χ3n) is 2.87. The molecule has 0 aromatic heterocycles. The molecule has 0 saturated carbocycles. The highest BCUT2D eigenvalue weighted by molar-refractivity contribution is 5.66. The van der Waals surface area contributed by atoms with E-state index in [0.29, 0.717) is 6.42 Å². The number of rotatable bonds is 6. The summed E-state index contributed by atoms with van der Waals surface area (Å²) in [7, 11) is 0. The predicted octanol–water partition coefficient (Wildman–Crippen LogP) is 1.14. The van der Waals surface area contributed by atoms with Gasteiger partial charge in [-0.1, -0.05) is 17.9 Å². The number of aliphatic hydroxyl groups is 1. The van der Waals surface area contributed by atoms with Gasteiger partial charge in [0.05, 0.1) is 0 Å². The molecule has 1 heterocycles. The molecule has 0 aliphatic carbocycles. The van der Waals surface area contributed by atoms with Gasteiger partial charge in [-0.05, 0) is 31.1 Å². The van der Waals surface area contributed by atoms with Crippen molar-refractivity contribution in [2.45, 2.75) is 45.0 Å². The van der Waals surface area contributed by atoms with Crippen molar-refractivity contribution in [2.24, 2.45) is 0 Å². The summed E-state index contributed by atoms with van der Waals surface area (Å²) < 4.78 is 15.8. The summed E-state index contributed by atoms with van der Waals surface area (Å²) in [5, 5.41) is 8.66. The predicted molar refractivity (Wildman–Crippen MR) is 83.2 cm³/mol. The van der Waals surface area contributed by atoms with Crippen LogP contribution in [0.3, 0.4) is 0 Å². The second-order valence-electron chi connectivity index (χ2n) is 4.91. The summed E-state index contributed by atoms with van der Waals surface area (Å²) in [6.07, 6.45) is 6.75. The van der Waals surface area contributed by atoms with Crippen molar-refractivity contribution in [1.29, 1.82) is 0 Å². The van der Waals surface area contributed by atoms with Crippen LogP contribution in [0.4, 0.5) is 0 Å². The van der Waals surface area contributed by atoms with Crippen molar-refractivity contribution in [1.82, 2.24) is 0 Å². The number of ether oxygens (including phenoxy) is 3. The molecule has 6 nitrogen and oxygen atoms in total. The Morgan fingerprint density at radius 1 is 1.30 bits per heavy atom. The number of unbranched alkanes of at least 4 members (excludes halogenated alkanes) is 1. The van der Waals surface area contributed by atoms with Gasteiger partial charge in [0.2, 0.25) is 0 Å². The van der Waals surface area contributed by atoms with Gasteiger partial charge in [0.1, 0.15) is 24.9 Å². The molecule has 1 rings (SSSR count). The summed E-state index contributed by atoms with van der Waals surface area (Å²) >= 11 is 0. The zero-order chi connectivity index (χ0) is 17.1. The lowest BCUT2D eigenvalue weighted by atomic mass is 10.1. The summed E-state index contributed by atoms with van der Waals surface area (Å²) in [6.45, 7) is 2.75. The number of allylic oxidation sites excluding steroid dienone is 2. The smallest absolute Gasteiger partial charge is 0.303 e. The van der Waals surface area contributed by atoms with Gasteiger partial charge in [-0.2, -0.15) is 0 Å². The first kappa shape index (κ1) is 18.9. The van der Waals surface area contributed by atoms with Crippen LogP contribution >= 0.6 is 0 Å². The van der Waals surface area contributed by atoms with E-state index in [1.807, 2.05) is 6.08 Å². The summed E-state index contributed by atoms with van der Waals surface area (Å²) in [6, 6.07) is 0. The van der Waals surface area contributed by atoms with Crippen LogP contribution in [0.15, 0.2) is 24.3 Å². The SMILES string of the molecule is CC(=O)OC[C@H]1O[C@H](C#C/C=C\CCCO)C=C[C@@H]1OC(C)=O. The van der Waals surface area contributed by atoms with Crippen LogP contribution < -0.4 is 0 Å². The van der Waals surface area contributed by atoms with Crippen LogP contribution in [0.1, 0.15) is 26.7 Å². The molecule has 0 fully saturated rings. The second kappa shape index (κ2) is 10.6. The van der Waals surface area contributed by atoms with Crippen molar-refractivity contribution in [3.8, 4) is 11.8 Å². The van der Waals surface area contributed by atoms with E-state index in [4.69, 9.17) is 19.3 Å². The Labute approximate surface area is 136 Å². The van der Waals surface area contributed by atoms with Gasteiger partial charge in [-0.3, -0.25) is 9.59 Å². The Balaban J connectivity index is 2.63. The van der Waals surface area contributed by atoms with Crippen LogP contribution in [0.5, 0.6) is 0 Å². The lowest BCUT2D eigenvalue weighted by Gasteiger charge is -2.29. The van der Waals surface area contributed by atoms with Crippen LogP contribution in [-0.4, -0.2) is 48.6 Å². The molecule has 0 amide bonds. The molecule has 23 heavy (non-hydrogen) atoms. The molecule has 126 valence electrons. The Morgan fingerprint density at radius 3 is 2.74 bits per heavy atom. The van der Waals surface area contributed by atoms with Crippen molar-refractivity contribution in [3.05, 3.63) is 24.3 Å². The van der Waals surface area contributed by atoms with E-state index in [1.165, 1.54) is 13.8 Å². The highest BCUT2D eigenvalue weighted by Crippen LogP contribution is 2.16. The molecule has 0 unspecified atom stereocenters. The lowest BCUT2D eigenvalue weighted by molar-refractivity contribution is -0.161. The van der Waals surface area contributed by atoms with E-state index in [2.05, 4.69) is 11.8 Å². The standard InChI is InChI=1S/C17H22O6/c1-13(19)21-12-17-16(22-14(2)20)10-9-15(23-17)8-6-4-3-5-7-11-18/h3-4,9-10,15-18H,5,7,11-12H2,1-2H3/b4-3-/t15-,16+,17-/m1/s1. The zero-order valence-electron chi connectivity index (χ0n) is 13.4. The van der Waals surface area contributed by atoms with Gasteiger partial charge < -0.3 is 19.3 Å². The highest BCUT2D eigenvalue weighted by atomic mass is 16.6. The zero-order valence-corrected chi connectivity index (χ0v) is 13.4. The third kappa shape index (κ3) is 8.19. The fraction of sp³-hybridized carbons (Fsp3) is 0.529. The van der Waals surface area contributed by atoms with Crippen molar-refractivity contribution < 1.29 is 28.9 Å². The molecule has 6 heteroatoms. The van der Waals surface area contributed by atoms with Crippen molar-refractivity contribution in [3.63, 3.8) is 0 Å². The van der Waals surface area contributed by atoms with Crippen LogP contribution in [0.25, 0.3) is 0 Å².